The van der Waals surface area contributed by atoms with Crippen LogP contribution < -0.4 is 10.2 Å². The van der Waals surface area contributed by atoms with Crippen molar-refractivity contribution in [3.63, 3.8) is 0 Å². The Morgan fingerprint density at radius 1 is 1.03 bits per heavy atom. The molecule has 1 fully saturated rings. The molecule has 6 heteroatoms. The number of nitrogens with one attached hydrogen (secondary N) is 1. The van der Waals surface area contributed by atoms with Crippen molar-refractivity contribution in [3.05, 3.63) is 82.9 Å². The molecule has 1 heterocycles. The Bertz CT molecular complexity index is 1100. The second kappa shape index (κ2) is 7.97. The molecule has 3 aromatic rings. The van der Waals surface area contributed by atoms with Crippen LogP contribution in [0, 0.1) is 6.92 Å². The van der Waals surface area contributed by atoms with Crippen molar-refractivity contribution >= 4 is 35.0 Å². The van der Waals surface area contributed by atoms with Gasteiger partial charge in [-0.15, -0.1) is 0 Å². The third-order valence-electron chi connectivity index (χ3n) is 4.81. The lowest BCUT2D eigenvalue weighted by Crippen LogP contribution is -2.23. The summed E-state index contributed by atoms with van der Waals surface area (Å²) in [6.07, 6.45) is -0.394. The summed E-state index contributed by atoms with van der Waals surface area (Å²) in [5.41, 5.74) is 4.83. The maximum atomic E-state index is 12.8. The molecule has 0 saturated carbocycles. The van der Waals surface area contributed by atoms with Crippen LogP contribution in [-0.4, -0.2) is 25.2 Å². The molecule has 0 aromatic heterocycles. The highest BCUT2D eigenvalue weighted by Crippen LogP contribution is 2.27. The summed E-state index contributed by atoms with van der Waals surface area (Å²) in [5, 5.41) is 3.63. The molecule has 29 heavy (non-hydrogen) atoms. The minimum absolute atomic E-state index is 0.238. The Kier molecular flexibility index (Phi) is 5.23. The van der Waals surface area contributed by atoms with Crippen molar-refractivity contribution < 1.29 is 14.3 Å². The summed E-state index contributed by atoms with van der Waals surface area (Å²) in [6.45, 7) is 2.78. The molecule has 1 saturated heterocycles. The topological polar surface area (TPSA) is 58.6 Å². The van der Waals surface area contributed by atoms with Crippen molar-refractivity contribution in [2.24, 2.45) is 0 Å². The van der Waals surface area contributed by atoms with Gasteiger partial charge in [-0.05, 0) is 66.1 Å². The van der Waals surface area contributed by atoms with E-state index in [1.165, 1.54) is 4.90 Å². The number of nitrogens with zero attached hydrogens (tertiary/aromatic N) is 1. The van der Waals surface area contributed by atoms with Gasteiger partial charge in [0.25, 0.3) is 5.91 Å². The zero-order valence-corrected chi connectivity index (χ0v) is 16.6. The molecule has 2 amide bonds. The first kappa shape index (κ1) is 19.0. The Hall–Kier alpha value is -3.31. The van der Waals surface area contributed by atoms with Gasteiger partial charge >= 0.3 is 6.09 Å². The third-order valence-corrected chi connectivity index (χ3v) is 5.05. The van der Waals surface area contributed by atoms with Gasteiger partial charge in [0.05, 0.1) is 6.54 Å². The SMILES string of the molecule is Cc1cc(-c2cccc(Cl)c2)ccc1NC(=O)c1cccc(N2CCOC2=O)c1. The molecule has 0 aliphatic carbocycles. The molecular formula is C23H19ClN2O3. The predicted molar refractivity (Wildman–Crippen MR) is 115 cm³/mol. The van der Waals surface area contributed by atoms with Crippen molar-refractivity contribution in [2.75, 3.05) is 23.4 Å². The van der Waals surface area contributed by atoms with Crippen LogP contribution in [0.2, 0.25) is 5.02 Å². The summed E-state index contributed by atoms with van der Waals surface area (Å²) in [6, 6.07) is 20.4. The van der Waals surface area contributed by atoms with Crippen LogP contribution in [0.1, 0.15) is 15.9 Å². The van der Waals surface area contributed by atoms with Crippen LogP contribution in [0.25, 0.3) is 11.1 Å². The second-order valence-electron chi connectivity index (χ2n) is 6.81. The number of benzene rings is 3. The number of ether oxygens (including phenoxy) is 1. The first-order valence-corrected chi connectivity index (χ1v) is 9.61. The molecular weight excluding hydrogens is 388 g/mol. The van der Waals surface area contributed by atoms with Crippen molar-refractivity contribution in [1.82, 2.24) is 0 Å². The molecule has 146 valence electrons. The van der Waals surface area contributed by atoms with E-state index in [2.05, 4.69) is 5.32 Å². The Balaban J connectivity index is 1.53. The van der Waals surface area contributed by atoms with Crippen molar-refractivity contribution in [3.8, 4) is 11.1 Å². The number of carbonyl (C=O) groups excluding carboxylic acids is 2. The molecule has 0 spiro atoms. The number of halogens is 1. The van der Waals surface area contributed by atoms with E-state index in [0.717, 1.165) is 22.4 Å². The van der Waals surface area contributed by atoms with Crippen molar-refractivity contribution in [2.45, 2.75) is 6.92 Å². The lowest BCUT2D eigenvalue weighted by Gasteiger charge is -2.14. The minimum Gasteiger partial charge on any atom is -0.447 e. The van der Waals surface area contributed by atoms with E-state index in [9.17, 15) is 9.59 Å². The fraction of sp³-hybridized carbons (Fsp3) is 0.130. The molecule has 0 radical (unpaired) electrons. The number of carbonyl (C=O) groups is 2. The monoisotopic (exact) mass is 406 g/mol. The second-order valence-corrected chi connectivity index (χ2v) is 7.25. The predicted octanol–water partition coefficient (Wildman–Crippen LogP) is 5.52. The van der Waals surface area contributed by atoms with Crippen molar-refractivity contribution in [1.29, 1.82) is 0 Å². The van der Waals surface area contributed by atoms with Crippen LogP contribution >= 0.6 is 11.6 Å². The highest BCUT2D eigenvalue weighted by atomic mass is 35.5. The molecule has 1 N–H and O–H groups in total. The summed E-state index contributed by atoms with van der Waals surface area (Å²) in [4.78, 5) is 26.0. The van der Waals surface area contributed by atoms with Gasteiger partial charge in [0.2, 0.25) is 0 Å². The van der Waals surface area contributed by atoms with Gasteiger partial charge in [-0.2, -0.15) is 0 Å². The number of rotatable bonds is 4. The zero-order chi connectivity index (χ0) is 20.4. The molecule has 4 rings (SSSR count). The van der Waals surface area contributed by atoms with E-state index < -0.39 is 6.09 Å². The zero-order valence-electron chi connectivity index (χ0n) is 15.8. The number of anilines is 2. The quantitative estimate of drug-likeness (QED) is 0.620. The minimum atomic E-state index is -0.394. The lowest BCUT2D eigenvalue weighted by molar-refractivity contribution is 0.102. The summed E-state index contributed by atoms with van der Waals surface area (Å²) < 4.78 is 4.96. The lowest BCUT2D eigenvalue weighted by atomic mass is 10.0. The normalized spacial score (nSPS) is 13.3. The number of hydrogen-bond donors (Lipinski definition) is 1. The fourth-order valence-corrected chi connectivity index (χ4v) is 3.48. The van der Waals surface area contributed by atoms with Gasteiger partial charge in [0.1, 0.15) is 6.61 Å². The molecule has 0 atom stereocenters. The van der Waals surface area contributed by atoms with E-state index >= 15 is 0 Å². The molecule has 0 unspecified atom stereocenters. The Labute approximate surface area is 173 Å². The number of hydrogen-bond acceptors (Lipinski definition) is 3. The van der Waals surface area contributed by atoms with E-state index in [0.29, 0.717) is 29.4 Å². The summed E-state index contributed by atoms with van der Waals surface area (Å²) in [5.74, 6) is -0.238. The van der Waals surface area contributed by atoms with Gasteiger partial charge < -0.3 is 10.1 Å². The maximum Gasteiger partial charge on any atom is 0.414 e. The van der Waals surface area contributed by atoms with Crippen LogP contribution in [-0.2, 0) is 4.74 Å². The standard InChI is InChI=1S/C23H19ClN2O3/c1-15-12-17(16-4-2-6-19(24)13-16)8-9-21(15)25-22(27)18-5-3-7-20(14-18)26-10-11-29-23(26)28/h2-9,12-14H,10-11H2,1H3,(H,25,27). The van der Waals surface area contributed by atoms with Gasteiger partial charge in [-0.3, -0.25) is 9.69 Å². The molecule has 3 aromatic carbocycles. The molecule has 5 nitrogen and oxygen atoms in total. The third kappa shape index (κ3) is 4.10. The van der Waals surface area contributed by atoms with Crippen LogP contribution in [0.4, 0.5) is 16.2 Å². The van der Waals surface area contributed by atoms with E-state index in [1.807, 2.05) is 49.4 Å². The summed E-state index contributed by atoms with van der Waals surface area (Å²) >= 11 is 6.08. The first-order chi connectivity index (χ1) is 14.0. The molecule has 0 bridgehead atoms. The van der Waals surface area contributed by atoms with E-state index in [-0.39, 0.29) is 5.91 Å². The summed E-state index contributed by atoms with van der Waals surface area (Å²) in [7, 11) is 0. The Morgan fingerprint density at radius 2 is 1.83 bits per heavy atom. The van der Waals surface area contributed by atoms with Gasteiger partial charge in [-0.25, -0.2) is 4.79 Å². The van der Waals surface area contributed by atoms with Crippen LogP contribution in [0.3, 0.4) is 0 Å². The largest absolute Gasteiger partial charge is 0.447 e. The highest BCUT2D eigenvalue weighted by Gasteiger charge is 2.24. The fourth-order valence-electron chi connectivity index (χ4n) is 3.29. The number of cyclic esters (lactones) is 1. The smallest absolute Gasteiger partial charge is 0.414 e. The Morgan fingerprint density at radius 3 is 2.55 bits per heavy atom. The van der Waals surface area contributed by atoms with Crippen LogP contribution in [0.15, 0.2) is 66.7 Å². The van der Waals surface area contributed by atoms with Gasteiger partial charge in [0.15, 0.2) is 0 Å². The molecule has 1 aliphatic heterocycles. The number of amides is 2. The van der Waals surface area contributed by atoms with Crippen LogP contribution in [0.5, 0.6) is 0 Å². The van der Waals surface area contributed by atoms with E-state index in [4.69, 9.17) is 16.3 Å². The number of aryl methyl sites for hydroxylation is 1. The highest BCUT2D eigenvalue weighted by molar-refractivity contribution is 6.30. The average molecular weight is 407 g/mol. The average Bonchev–Trinajstić information content (AvgIpc) is 3.15. The molecule has 1 aliphatic rings. The van der Waals surface area contributed by atoms with Gasteiger partial charge in [0, 0.05) is 22.0 Å². The first-order valence-electron chi connectivity index (χ1n) is 9.23. The maximum absolute atomic E-state index is 12.8. The van der Waals surface area contributed by atoms with E-state index in [1.54, 1.807) is 24.3 Å². The van der Waals surface area contributed by atoms with Gasteiger partial charge in [-0.1, -0.05) is 35.9 Å².